The lowest BCUT2D eigenvalue weighted by atomic mass is 10.1. The molecular formula is C15H17ClN2OS. The Morgan fingerprint density at radius 2 is 2.10 bits per heavy atom. The molecule has 106 valence electrons. The lowest BCUT2D eigenvalue weighted by Gasteiger charge is -2.15. The summed E-state index contributed by atoms with van der Waals surface area (Å²) in [5.41, 5.74) is 7.69. The molecule has 0 saturated heterocycles. The zero-order valence-corrected chi connectivity index (χ0v) is 13.2. The van der Waals surface area contributed by atoms with Crippen LogP contribution in [0.5, 0.6) is 0 Å². The lowest BCUT2D eigenvalue weighted by molar-refractivity contribution is 0.0941. The fourth-order valence-corrected chi connectivity index (χ4v) is 3.50. The molecule has 3 N–H and O–H groups in total. The summed E-state index contributed by atoms with van der Waals surface area (Å²) in [5.74, 6) is -0.246. The van der Waals surface area contributed by atoms with Gasteiger partial charge in [-0.25, -0.2) is 0 Å². The number of aryl methyl sites for hydroxylation is 2. The van der Waals surface area contributed by atoms with Gasteiger partial charge in [0.2, 0.25) is 0 Å². The summed E-state index contributed by atoms with van der Waals surface area (Å²) in [7, 11) is 0. The highest BCUT2D eigenvalue weighted by atomic mass is 35.5. The van der Waals surface area contributed by atoms with Crippen LogP contribution in [0.25, 0.3) is 0 Å². The fourth-order valence-electron chi connectivity index (χ4n) is 2.21. The van der Waals surface area contributed by atoms with Gasteiger partial charge in [0.05, 0.1) is 16.6 Å². The van der Waals surface area contributed by atoms with Crippen molar-refractivity contribution in [1.29, 1.82) is 0 Å². The van der Waals surface area contributed by atoms with Crippen molar-refractivity contribution in [3.8, 4) is 0 Å². The van der Waals surface area contributed by atoms with Gasteiger partial charge in [0.15, 0.2) is 0 Å². The summed E-state index contributed by atoms with van der Waals surface area (Å²) >= 11 is 7.78. The maximum atomic E-state index is 12.3. The highest BCUT2D eigenvalue weighted by molar-refractivity contribution is 7.12. The van der Waals surface area contributed by atoms with E-state index in [0.717, 1.165) is 5.56 Å². The van der Waals surface area contributed by atoms with Gasteiger partial charge in [-0.1, -0.05) is 17.7 Å². The minimum absolute atomic E-state index is 0.0804. The summed E-state index contributed by atoms with van der Waals surface area (Å²) in [4.78, 5) is 14.8. The highest BCUT2D eigenvalue weighted by Gasteiger charge is 2.18. The number of nitrogen functional groups attached to an aromatic ring is 1. The number of halogens is 1. The maximum absolute atomic E-state index is 12.3. The van der Waals surface area contributed by atoms with Gasteiger partial charge in [-0.15, -0.1) is 11.3 Å². The Morgan fingerprint density at radius 1 is 1.40 bits per heavy atom. The molecule has 0 aliphatic carbocycles. The van der Waals surface area contributed by atoms with E-state index in [1.54, 1.807) is 29.5 Å². The molecule has 2 rings (SSSR count). The molecule has 1 atom stereocenters. The van der Waals surface area contributed by atoms with Gasteiger partial charge in [-0.2, -0.15) is 0 Å². The van der Waals surface area contributed by atoms with Crippen LogP contribution in [0.2, 0.25) is 5.02 Å². The average molecular weight is 309 g/mol. The summed E-state index contributed by atoms with van der Waals surface area (Å²) in [6.07, 6.45) is 0. The van der Waals surface area contributed by atoms with Crippen LogP contribution >= 0.6 is 22.9 Å². The number of benzene rings is 1. The molecule has 0 spiro atoms. The molecule has 0 fully saturated rings. The zero-order valence-electron chi connectivity index (χ0n) is 11.7. The summed E-state index contributed by atoms with van der Waals surface area (Å²) in [6, 6.07) is 7.08. The SMILES string of the molecule is Cc1cc(C(C)NC(=O)c2c(N)cccc2Cl)c(C)s1. The van der Waals surface area contributed by atoms with Crippen LogP contribution in [0.1, 0.15) is 38.6 Å². The highest BCUT2D eigenvalue weighted by Crippen LogP contribution is 2.27. The van der Waals surface area contributed by atoms with Crippen molar-refractivity contribution in [2.24, 2.45) is 0 Å². The Kier molecular flexibility index (Phi) is 4.35. The number of rotatable bonds is 3. The molecule has 0 saturated carbocycles. The molecule has 0 bridgehead atoms. The Bertz CT molecular complexity index is 631. The molecule has 5 heteroatoms. The van der Waals surface area contributed by atoms with Crippen LogP contribution < -0.4 is 11.1 Å². The van der Waals surface area contributed by atoms with Crippen molar-refractivity contribution in [1.82, 2.24) is 5.32 Å². The summed E-state index contributed by atoms with van der Waals surface area (Å²) < 4.78 is 0. The second kappa shape index (κ2) is 5.85. The monoisotopic (exact) mass is 308 g/mol. The molecule has 20 heavy (non-hydrogen) atoms. The number of hydrogen-bond donors (Lipinski definition) is 2. The Morgan fingerprint density at radius 3 is 2.65 bits per heavy atom. The fraction of sp³-hybridized carbons (Fsp3) is 0.267. The Balaban J connectivity index is 2.22. The first kappa shape index (κ1) is 14.9. The van der Waals surface area contributed by atoms with Gasteiger partial charge in [-0.05, 0) is 44.5 Å². The minimum Gasteiger partial charge on any atom is -0.398 e. The van der Waals surface area contributed by atoms with Crippen molar-refractivity contribution in [3.05, 3.63) is 50.2 Å². The molecule has 2 aromatic rings. The number of amides is 1. The van der Waals surface area contributed by atoms with E-state index in [2.05, 4.69) is 25.2 Å². The Labute approximate surface area is 127 Å². The van der Waals surface area contributed by atoms with Crippen LogP contribution in [0.4, 0.5) is 5.69 Å². The van der Waals surface area contributed by atoms with Gasteiger partial charge in [-0.3, -0.25) is 4.79 Å². The number of hydrogen-bond acceptors (Lipinski definition) is 3. The van der Waals surface area contributed by atoms with Crippen LogP contribution in [0.15, 0.2) is 24.3 Å². The Hall–Kier alpha value is -1.52. The van der Waals surface area contributed by atoms with E-state index < -0.39 is 0 Å². The predicted molar refractivity (Wildman–Crippen MR) is 85.5 cm³/mol. The van der Waals surface area contributed by atoms with E-state index in [9.17, 15) is 4.79 Å². The third kappa shape index (κ3) is 2.97. The van der Waals surface area contributed by atoms with Crippen LogP contribution in [-0.4, -0.2) is 5.91 Å². The van der Waals surface area contributed by atoms with Crippen LogP contribution in [0.3, 0.4) is 0 Å². The molecule has 1 amide bonds. The van der Waals surface area contributed by atoms with Crippen molar-refractivity contribution in [2.75, 3.05) is 5.73 Å². The smallest absolute Gasteiger partial charge is 0.255 e. The third-order valence-electron chi connectivity index (χ3n) is 3.17. The molecule has 1 aromatic carbocycles. The number of nitrogens with one attached hydrogen (secondary N) is 1. The van der Waals surface area contributed by atoms with E-state index in [1.165, 1.54) is 9.75 Å². The second-order valence-electron chi connectivity index (χ2n) is 4.77. The summed E-state index contributed by atoms with van der Waals surface area (Å²) in [6.45, 7) is 6.07. The van der Waals surface area contributed by atoms with Gasteiger partial charge >= 0.3 is 0 Å². The average Bonchev–Trinajstić information content (AvgIpc) is 2.68. The molecule has 1 heterocycles. The number of thiophene rings is 1. The van der Waals surface area contributed by atoms with E-state index in [-0.39, 0.29) is 11.9 Å². The van der Waals surface area contributed by atoms with Gasteiger partial charge in [0.1, 0.15) is 0 Å². The first-order valence-corrected chi connectivity index (χ1v) is 7.51. The first-order valence-electron chi connectivity index (χ1n) is 6.32. The second-order valence-corrected chi connectivity index (χ2v) is 6.64. The third-order valence-corrected chi connectivity index (χ3v) is 4.46. The zero-order chi connectivity index (χ0) is 14.9. The molecule has 1 aromatic heterocycles. The van der Waals surface area contributed by atoms with E-state index >= 15 is 0 Å². The van der Waals surface area contributed by atoms with Gasteiger partial charge in [0.25, 0.3) is 5.91 Å². The number of anilines is 1. The lowest BCUT2D eigenvalue weighted by Crippen LogP contribution is -2.27. The normalized spacial score (nSPS) is 12.2. The first-order chi connectivity index (χ1) is 9.40. The van der Waals surface area contributed by atoms with Crippen molar-refractivity contribution >= 4 is 34.5 Å². The number of carbonyl (C=O) groups excluding carboxylic acids is 1. The van der Waals surface area contributed by atoms with Crippen LogP contribution in [0, 0.1) is 13.8 Å². The van der Waals surface area contributed by atoms with Gasteiger partial charge < -0.3 is 11.1 Å². The topological polar surface area (TPSA) is 55.1 Å². The molecule has 1 unspecified atom stereocenters. The standard InChI is InChI=1S/C15H17ClN2OS/c1-8-7-11(10(3)20-8)9(2)18-15(19)14-12(16)5-4-6-13(14)17/h4-7,9H,17H2,1-3H3,(H,18,19). The van der Waals surface area contributed by atoms with Crippen molar-refractivity contribution in [3.63, 3.8) is 0 Å². The van der Waals surface area contributed by atoms with Crippen LogP contribution in [-0.2, 0) is 0 Å². The molecule has 0 radical (unpaired) electrons. The largest absolute Gasteiger partial charge is 0.398 e. The quantitative estimate of drug-likeness (QED) is 0.839. The van der Waals surface area contributed by atoms with E-state index in [0.29, 0.717) is 16.3 Å². The van der Waals surface area contributed by atoms with E-state index in [1.807, 2.05) is 6.92 Å². The summed E-state index contributed by atoms with van der Waals surface area (Å²) in [5, 5.41) is 3.32. The molecule has 0 aliphatic rings. The number of nitrogens with two attached hydrogens (primary N) is 1. The predicted octanol–water partition coefficient (Wildman–Crippen LogP) is 4.09. The maximum Gasteiger partial charge on any atom is 0.255 e. The molecular weight excluding hydrogens is 292 g/mol. The van der Waals surface area contributed by atoms with Crippen molar-refractivity contribution < 1.29 is 4.79 Å². The molecule has 3 nitrogen and oxygen atoms in total. The van der Waals surface area contributed by atoms with Gasteiger partial charge in [0, 0.05) is 15.4 Å². The van der Waals surface area contributed by atoms with E-state index in [4.69, 9.17) is 17.3 Å². The number of carbonyl (C=O) groups is 1. The molecule has 0 aliphatic heterocycles. The van der Waals surface area contributed by atoms with Crippen molar-refractivity contribution in [2.45, 2.75) is 26.8 Å². The minimum atomic E-state index is -0.246.